The highest BCUT2D eigenvalue weighted by Crippen LogP contribution is 2.31. The monoisotopic (exact) mass is 497 g/mol. The number of thiazole rings is 1. The van der Waals surface area contributed by atoms with Gasteiger partial charge >= 0.3 is 6.18 Å². The second-order valence-electron chi connectivity index (χ2n) is 10.8. The number of nitrogens with one attached hydrogen (secondary N) is 1. The number of benzene rings is 1. The van der Waals surface area contributed by atoms with E-state index < -0.39 is 17.6 Å². The minimum absolute atomic E-state index is 0.0385. The van der Waals surface area contributed by atoms with Gasteiger partial charge in [-0.15, -0.1) is 11.3 Å². The van der Waals surface area contributed by atoms with Crippen LogP contribution in [0.25, 0.3) is 0 Å². The van der Waals surface area contributed by atoms with Crippen LogP contribution in [0, 0.1) is 0 Å². The van der Waals surface area contributed by atoms with Crippen LogP contribution in [0.5, 0.6) is 0 Å². The molecular formula is C25H34F3N3O2S. The molecule has 0 aliphatic carbocycles. The lowest BCUT2D eigenvalue weighted by Gasteiger charge is -2.21. The Morgan fingerprint density at radius 1 is 1.21 bits per heavy atom. The molecule has 1 fully saturated rings. The topological polar surface area (TPSA) is 55.6 Å². The van der Waals surface area contributed by atoms with E-state index in [1.54, 1.807) is 0 Å². The number of alkyl halides is 3. The molecule has 0 spiro atoms. The van der Waals surface area contributed by atoms with Crippen LogP contribution in [0.4, 0.5) is 13.2 Å². The van der Waals surface area contributed by atoms with Crippen molar-refractivity contribution in [1.82, 2.24) is 9.88 Å². The molecule has 2 heterocycles. The van der Waals surface area contributed by atoms with Gasteiger partial charge in [0.25, 0.3) is 5.91 Å². The number of nitrogens with zero attached hydrogens (tertiary/aromatic N) is 2. The predicted octanol–water partition coefficient (Wildman–Crippen LogP) is 5.67. The van der Waals surface area contributed by atoms with E-state index in [9.17, 15) is 18.0 Å². The van der Waals surface area contributed by atoms with Crippen molar-refractivity contribution in [3.63, 3.8) is 0 Å². The van der Waals surface area contributed by atoms with E-state index in [4.69, 9.17) is 4.74 Å². The zero-order chi connectivity index (χ0) is 25.3. The molecule has 9 heteroatoms. The van der Waals surface area contributed by atoms with E-state index in [1.165, 1.54) is 17.4 Å². The summed E-state index contributed by atoms with van der Waals surface area (Å²) in [6.07, 6.45) is -0.616. The van der Waals surface area contributed by atoms with Gasteiger partial charge in [-0.1, -0.05) is 26.8 Å². The summed E-state index contributed by atoms with van der Waals surface area (Å²) in [5.74, 6) is -0.680. The molecule has 5 nitrogen and oxygen atoms in total. The first-order valence-electron chi connectivity index (χ1n) is 11.5. The Labute approximate surface area is 203 Å². The number of hydrogen-bond acceptors (Lipinski definition) is 4. The van der Waals surface area contributed by atoms with Crippen LogP contribution in [0.1, 0.15) is 80.7 Å². The fourth-order valence-electron chi connectivity index (χ4n) is 3.57. The molecule has 0 bridgehead atoms. The molecule has 34 heavy (non-hydrogen) atoms. The van der Waals surface area contributed by atoms with Crippen molar-refractivity contribution in [3.8, 4) is 0 Å². The first-order chi connectivity index (χ1) is 15.6. The Bertz CT molecular complexity index is 1080. The maximum absolute atomic E-state index is 13.4. The SMILES string of the molecule is CC(C)(C)NCc1ccc(C(F)(F)F)cc1C(=O)N=c1sc(C(C)(C)C)cn1C[C@H]1CCCO1. The summed E-state index contributed by atoms with van der Waals surface area (Å²) in [4.78, 5) is 19.1. The highest BCUT2D eigenvalue weighted by Gasteiger charge is 2.32. The summed E-state index contributed by atoms with van der Waals surface area (Å²) in [5.41, 5.74) is -0.840. The van der Waals surface area contributed by atoms with Crippen LogP contribution in [0.3, 0.4) is 0 Å². The van der Waals surface area contributed by atoms with Crippen molar-refractivity contribution in [2.75, 3.05) is 6.61 Å². The summed E-state index contributed by atoms with van der Waals surface area (Å²) >= 11 is 1.39. The maximum Gasteiger partial charge on any atom is 0.416 e. The number of hydrogen-bond donors (Lipinski definition) is 1. The Kier molecular flexibility index (Phi) is 7.79. The first kappa shape index (κ1) is 26.6. The largest absolute Gasteiger partial charge is 0.416 e. The van der Waals surface area contributed by atoms with Gasteiger partial charge in [-0.3, -0.25) is 4.79 Å². The second-order valence-corrected chi connectivity index (χ2v) is 11.8. The summed E-state index contributed by atoms with van der Waals surface area (Å²) < 4.78 is 47.9. The molecule has 0 saturated carbocycles. The highest BCUT2D eigenvalue weighted by atomic mass is 32.1. The standard InChI is InChI=1S/C25H34F3N3O2S/c1-23(2,3)20-15-31(14-18-8-7-11-33-18)22(34-20)30-21(32)19-12-17(25(26,27)28)10-9-16(19)13-29-24(4,5)6/h9-10,12,15,18,29H,7-8,11,13-14H2,1-6H3/t18-/m1/s1. The maximum atomic E-state index is 13.4. The number of halogens is 3. The summed E-state index contributed by atoms with van der Waals surface area (Å²) in [7, 11) is 0. The van der Waals surface area contributed by atoms with Gasteiger partial charge in [-0.25, -0.2) is 0 Å². The normalized spacial score (nSPS) is 18.0. The summed E-state index contributed by atoms with van der Waals surface area (Å²) in [6, 6.07) is 3.28. The van der Waals surface area contributed by atoms with Crippen molar-refractivity contribution < 1.29 is 22.7 Å². The molecule has 2 aromatic rings. The van der Waals surface area contributed by atoms with Crippen LogP contribution in [0.15, 0.2) is 29.4 Å². The van der Waals surface area contributed by atoms with E-state index in [0.29, 0.717) is 23.5 Å². The van der Waals surface area contributed by atoms with Crippen molar-refractivity contribution in [2.45, 2.75) is 90.7 Å². The Morgan fingerprint density at radius 3 is 2.47 bits per heavy atom. The highest BCUT2D eigenvalue weighted by molar-refractivity contribution is 7.09. The van der Waals surface area contributed by atoms with Gasteiger partial charge in [-0.2, -0.15) is 18.2 Å². The second kappa shape index (κ2) is 9.95. The summed E-state index contributed by atoms with van der Waals surface area (Å²) in [6.45, 7) is 13.6. The molecule has 1 aliphatic rings. The predicted molar refractivity (Wildman–Crippen MR) is 128 cm³/mol. The van der Waals surface area contributed by atoms with Crippen molar-refractivity contribution in [3.05, 3.63) is 50.8 Å². The van der Waals surface area contributed by atoms with Gasteiger partial charge in [-0.05, 0) is 56.7 Å². The van der Waals surface area contributed by atoms with Gasteiger partial charge < -0.3 is 14.6 Å². The quantitative estimate of drug-likeness (QED) is 0.579. The number of carbonyl (C=O) groups is 1. The molecule has 0 radical (unpaired) electrons. The zero-order valence-corrected chi connectivity index (χ0v) is 21.5. The molecule has 1 amide bonds. The number of ether oxygens (including phenoxy) is 1. The van der Waals surface area contributed by atoms with Gasteiger partial charge in [0.05, 0.1) is 18.2 Å². The molecule has 1 N–H and O–H groups in total. The zero-order valence-electron chi connectivity index (χ0n) is 20.7. The van der Waals surface area contributed by atoms with Crippen LogP contribution in [-0.2, 0) is 29.4 Å². The molecule has 1 atom stereocenters. The van der Waals surface area contributed by atoms with Crippen molar-refractivity contribution >= 4 is 17.2 Å². The van der Waals surface area contributed by atoms with E-state index in [2.05, 4.69) is 31.1 Å². The van der Waals surface area contributed by atoms with E-state index >= 15 is 0 Å². The van der Waals surface area contributed by atoms with Crippen LogP contribution >= 0.6 is 11.3 Å². The van der Waals surface area contributed by atoms with E-state index in [1.807, 2.05) is 31.5 Å². The van der Waals surface area contributed by atoms with E-state index in [0.717, 1.165) is 29.9 Å². The fourth-order valence-corrected chi connectivity index (χ4v) is 4.62. The van der Waals surface area contributed by atoms with Crippen molar-refractivity contribution in [2.24, 2.45) is 4.99 Å². The molecular weight excluding hydrogens is 463 g/mol. The first-order valence-corrected chi connectivity index (χ1v) is 12.3. The van der Waals surface area contributed by atoms with E-state index in [-0.39, 0.29) is 29.2 Å². The smallest absolute Gasteiger partial charge is 0.376 e. The average Bonchev–Trinajstić information content (AvgIpc) is 3.35. The van der Waals surface area contributed by atoms with Crippen LogP contribution < -0.4 is 10.1 Å². The lowest BCUT2D eigenvalue weighted by atomic mass is 9.95. The average molecular weight is 498 g/mol. The van der Waals surface area contributed by atoms with Crippen LogP contribution in [0.2, 0.25) is 0 Å². The molecule has 0 unspecified atom stereocenters. The molecule has 3 rings (SSSR count). The number of rotatable bonds is 5. The summed E-state index contributed by atoms with van der Waals surface area (Å²) in [5, 5.41) is 3.24. The minimum atomic E-state index is -4.55. The van der Waals surface area contributed by atoms with Gasteiger partial charge in [0, 0.05) is 35.3 Å². The molecule has 1 aromatic carbocycles. The minimum Gasteiger partial charge on any atom is -0.376 e. The Hall–Kier alpha value is -1.97. The third-order valence-corrected chi connectivity index (χ3v) is 7.00. The van der Waals surface area contributed by atoms with Crippen molar-refractivity contribution in [1.29, 1.82) is 0 Å². The third kappa shape index (κ3) is 7.02. The van der Waals surface area contributed by atoms with Gasteiger partial charge in [0.15, 0.2) is 4.80 Å². The lowest BCUT2D eigenvalue weighted by Crippen LogP contribution is -2.35. The lowest BCUT2D eigenvalue weighted by molar-refractivity contribution is -0.137. The fraction of sp³-hybridized carbons (Fsp3) is 0.600. The van der Waals surface area contributed by atoms with Crippen LogP contribution in [-0.4, -0.2) is 28.7 Å². The molecule has 1 saturated heterocycles. The number of carbonyl (C=O) groups excluding carboxylic acids is 1. The Morgan fingerprint density at radius 2 is 1.91 bits per heavy atom. The molecule has 1 aliphatic heterocycles. The third-order valence-electron chi connectivity index (χ3n) is 5.56. The number of aromatic nitrogens is 1. The number of amides is 1. The van der Waals surface area contributed by atoms with Gasteiger partial charge in [0.2, 0.25) is 0 Å². The Balaban J connectivity index is 2.05. The van der Waals surface area contributed by atoms with Gasteiger partial charge in [0.1, 0.15) is 0 Å². The molecule has 1 aromatic heterocycles. The molecule has 188 valence electrons.